The lowest BCUT2D eigenvalue weighted by Crippen LogP contribution is -2.04. The Balaban J connectivity index is 2.57. The Hall–Kier alpha value is -2.30. The largest absolute Gasteiger partial charge is 0.493 e. The Morgan fingerprint density at radius 1 is 1.38 bits per heavy atom. The van der Waals surface area contributed by atoms with Crippen LogP contribution in [0.1, 0.15) is 43.6 Å². The predicted octanol–water partition coefficient (Wildman–Crippen LogP) is 3.62. The number of benzene rings is 1. The topological polar surface area (TPSA) is 64.4 Å². The minimum Gasteiger partial charge on any atom is -0.493 e. The number of hydrogen-bond donors (Lipinski definition) is 1. The van der Waals surface area contributed by atoms with E-state index in [1.165, 1.54) is 0 Å². The molecule has 2 rings (SSSR count). The zero-order valence-corrected chi connectivity index (χ0v) is 12.5. The smallest absolute Gasteiger partial charge is 0.339 e. The quantitative estimate of drug-likeness (QED) is 0.881. The molecule has 2 aromatic rings. The van der Waals surface area contributed by atoms with Crippen LogP contribution in [-0.2, 0) is 0 Å². The monoisotopic (exact) mass is 288 g/mol. The van der Waals surface area contributed by atoms with Crippen LogP contribution in [0.2, 0.25) is 0 Å². The molecular weight excluding hydrogens is 268 g/mol. The molecule has 5 heteroatoms. The van der Waals surface area contributed by atoms with Crippen molar-refractivity contribution in [2.75, 3.05) is 6.61 Å². The summed E-state index contributed by atoms with van der Waals surface area (Å²) in [6.07, 6.45) is 2.47. The summed E-state index contributed by atoms with van der Waals surface area (Å²) in [5.41, 5.74) is 1.35. The predicted molar refractivity (Wildman–Crippen MR) is 80.8 cm³/mol. The molecule has 0 amide bonds. The van der Waals surface area contributed by atoms with Crippen LogP contribution >= 0.6 is 0 Å². The summed E-state index contributed by atoms with van der Waals surface area (Å²) in [7, 11) is 0. The number of carboxylic acids is 1. The van der Waals surface area contributed by atoms with Crippen molar-refractivity contribution in [1.82, 2.24) is 9.78 Å². The molecule has 0 aliphatic rings. The first-order valence-corrected chi connectivity index (χ1v) is 7.13. The van der Waals surface area contributed by atoms with E-state index < -0.39 is 5.97 Å². The molecule has 1 heterocycles. The van der Waals surface area contributed by atoms with Gasteiger partial charge in [0.05, 0.1) is 6.61 Å². The van der Waals surface area contributed by atoms with Gasteiger partial charge < -0.3 is 9.84 Å². The maximum atomic E-state index is 11.5. The highest BCUT2D eigenvalue weighted by Gasteiger charge is 2.21. The molecule has 5 nitrogen and oxygen atoms in total. The lowest BCUT2D eigenvalue weighted by Gasteiger charge is -2.10. The first-order valence-electron chi connectivity index (χ1n) is 7.13. The number of nitrogens with zero attached hydrogens (tertiary/aromatic N) is 2. The molecule has 0 aliphatic heterocycles. The van der Waals surface area contributed by atoms with Crippen molar-refractivity contribution in [2.24, 2.45) is 0 Å². The summed E-state index contributed by atoms with van der Waals surface area (Å²) < 4.78 is 7.29. The second kappa shape index (κ2) is 6.43. The summed E-state index contributed by atoms with van der Waals surface area (Å²) >= 11 is 0. The minimum atomic E-state index is -0.981. The van der Waals surface area contributed by atoms with Crippen molar-refractivity contribution in [2.45, 2.75) is 33.2 Å². The average Bonchev–Trinajstić information content (AvgIpc) is 2.92. The molecule has 0 radical (unpaired) electrons. The van der Waals surface area contributed by atoms with E-state index >= 15 is 0 Å². The fourth-order valence-electron chi connectivity index (χ4n) is 2.10. The van der Waals surface area contributed by atoms with Gasteiger partial charge in [-0.05, 0) is 32.4 Å². The number of aromatic carboxylic acids is 1. The Labute approximate surface area is 124 Å². The fourth-order valence-corrected chi connectivity index (χ4v) is 2.10. The van der Waals surface area contributed by atoms with Gasteiger partial charge in [0.15, 0.2) is 0 Å². The van der Waals surface area contributed by atoms with Gasteiger partial charge in [-0.15, -0.1) is 0 Å². The van der Waals surface area contributed by atoms with Crippen LogP contribution in [0.15, 0.2) is 30.5 Å². The number of rotatable bonds is 6. The zero-order valence-electron chi connectivity index (χ0n) is 12.5. The van der Waals surface area contributed by atoms with E-state index in [-0.39, 0.29) is 11.6 Å². The molecule has 0 aliphatic carbocycles. The third kappa shape index (κ3) is 3.07. The van der Waals surface area contributed by atoms with Gasteiger partial charge in [-0.2, -0.15) is 5.10 Å². The highest BCUT2D eigenvalue weighted by Crippen LogP contribution is 2.32. The number of aromatic nitrogens is 2. The molecule has 1 unspecified atom stereocenters. The van der Waals surface area contributed by atoms with Crippen LogP contribution in [0.3, 0.4) is 0 Å². The molecule has 0 bridgehead atoms. The number of carboxylic acid groups (broad SMARTS) is 1. The lowest BCUT2D eigenvalue weighted by molar-refractivity contribution is 0.0697. The fraction of sp³-hybridized carbons (Fsp3) is 0.375. The van der Waals surface area contributed by atoms with E-state index in [1.54, 1.807) is 10.9 Å². The molecule has 0 spiro atoms. The third-order valence-electron chi connectivity index (χ3n) is 3.45. The van der Waals surface area contributed by atoms with E-state index in [0.717, 1.165) is 6.42 Å². The summed E-state index contributed by atoms with van der Waals surface area (Å²) in [4.78, 5) is 11.5. The third-order valence-corrected chi connectivity index (χ3v) is 3.45. The highest BCUT2D eigenvalue weighted by molar-refractivity contribution is 5.95. The Morgan fingerprint density at radius 3 is 2.71 bits per heavy atom. The molecular formula is C16H20N2O3. The number of carbonyl (C=O) groups is 1. The zero-order chi connectivity index (χ0) is 15.4. The van der Waals surface area contributed by atoms with Gasteiger partial charge in [0.25, 0.3) is 0 Å². The van der Waals surface area contributed by atoms with Crippen LogP contribution in [0.5, 0.6) is 5.75 Å². The standard InChI is InChI=1S/C16H20N2O3/c1-4-11(3)18-10-13(16(19)20)15(17-18)12-8-6-7-9-14(12)21-5-2/h6-11H,4-5H2,1-3H3,(H,19,20). The molecule has 112 valence electrons. The van der Waals surface area contributed by atoms with E-state index in [4.69, 9.17) is 4.74 Å². The number of hydrogen-bond acceptors (Lipinski definition) is 3. The lowest BCUT2D eigenvalue weighted by atomic mass is 10.1. The normalized spacial score (nSPS) is 12.1. The first kappa shape index (κ1) is 15.1. The number of ether oxygens (including phenoxy) is 1. The first-order chi connectivity index (χ1) is 10.1. The van der Waals surface area contributed by atoms with Crippen molar-refractivity contribution < 1.29 is 14.6 Å². The Morgan fingerprint density at radius 2 is 2.10 bits per heavy atom. The van der Waals surface area contributed by atoms with E-state index in [9.17, 15) is 9.90 Å². The second-order valence-corrected chi connectivity index (χ2v) is 4.86. The van der Waals surface area contributed by atoms with Gasteiger partial charge in [0.2, 0.25) is 0 Å². The van der Waals surface area contributed by atoms with E-state index in [2.05, 4.69) is 5.10 Å². The van der Waals surface area contributed by atoms with Gasteiger partial charge in [-0.3, -0.25) is 4.68 Å². The molecule has 1 aromatic heterocycles. The second-order valence-electron chi connectivity index (χ2n) is 4.86. The molecule has 21 heavy (non-hydrogen) atoms. The molecule has 1 aromatic carbocycles. The van der Waals surface area contributed by atoms with Crippen molar-refractivity contribution in [3.05, 3.63) is 36.0 Å². The molecule has 0 saturated carbocycles. The highest BCUT2D eigenvalue weighted by atomic mass is 16.5. The van der Waals surface area contributed by atoms with E-state index in [0.29, 0.717) is 23.6 Å². The van der Waals surface area contributed by atoms with Gasteiger partial charge in [0, 0.05) is 17.8 Å². The van der Waals surface area contributed by atoms with Gasteiger partial charge in [0.1, 0.15) is 17.0 Å². The maximum absolute atomic E-state index is 11.5. The van der Waals surface area contributed by atoms with Crippen molar-refractivity contribution >= 4 is 5.97 Å². The van der Waals surface area contributed by atoms with Crippen molar-refractivity contribution in [3.8, 4) is 17.0 Å². The van der Waals surface area contributed by atoms with Crippen molar-refractivity contribution in [3.63, 3.8) is 0 Å². The number of para-hydroxylation sites is 1. The molecule has 0 saturated heterocycles. The molecule has 1 N–H and O–H groups in total. The van der Waals surface area contributed by atoms with E-state index in [1.807, 2.05) is 45.0 Å². The van der Waals surface area contributed by atoms with Crippen molar-refractivity contribution in [1.29, 1.82) is 0 Å². The van der Waals surface area contributed by atoms with Crippen LogP contribution in [-0.4, -0.2) is 27.5 Å². The maximum Gasteiger partial charge on any atom is 0.339 e. The summed E-state index contributed by atoms with van der Waals surface area (Å²) in [6.45, 7) is 6.47. The summed E-state index contributed by atoms with van der Waals surface area (Å²) in [5.74, 6) is -0.331. The van der Waals surface area contributed by atoms with Gasteiger partial charge in [-0.25, -0.2) is 4.79 Å². The minimum absolute atomic E-state index is 0.149. The SMILES string of the molecule is CCOc1ccccc1-c1nn(C(C)CC)cc1C(=O)O. The van der Waals surface area contributed by atoms with Crippen LogP contribution in [0.4, 0.5) is 0 Å². The molecule has 0 fully saturated rings. The average molecular weight is 288 g/mol. The van der Waals surface area contributed by atoms with Crippen LogP contribution in [0.25, 0.3) is 11.3 Å². The van der Waals surface area contributed by atoms with Crippen LogP contribution < -0.4 is 4.74 Å². The Kier molecular flexibility index (Phi) is 4.62. The van der Waals surface area contributed by atoms with Crippen LogP contribution in [0, 0.1) is 0 Å². The van der Waals surface area contributed by atoms with Gasteiger partial charge >= 0.3 is 5.97 Å². The Bertz CT molecular complexity index is 634. The molecule has 1 atom stereocenters. The van der Waals surface area contributed by atoms with Gasteiger partial charge in [-0.1, -0.05) is 19.1 Å². The summed E-state index contributed by atoms with van der Waals surface area (Å²) in [5, 5.41) is 13.9. The summed E-state index contributed by atoms with van der Waals surface area (Å²) in [6, 6.07) is 7.52.